The zero-order valence-electron chi connectivity index (χ0n) is 25.5. The number of anilines is 2. The van der Waals surface area contributed by atoms with Gasteiger partial charge in [-0.2, -0.15) is 15.2 Å². The van der Waals surface area contributed by atoms with Crippen LogP contribution in [0.1, 0.15) is 51.0 Å². The predicted molar refractivity (Wildman–Crippen MR) is 174 cm³/mol. The van der Waals surface area contributed by atoms with Crippen molar-refractivity contribution in [2.24, 2.45) is 0 Å². The highest BCUT2D eigenvalue weighted by Gasteiger charge is 2.49. The molecule has 3 N–H and O–H groups in total. The van der Waals surface area contributed by atoms with Crippen LogP contribution in [-0.2, 0) is 0 Å². The zero-order chi connectivity index (χ0) is 32.8. The van der Waals surface area contributed by atoms with Crippen LogP contribution in [0.4, 0.5) is 24.0 Å². The molecule has 0 amide bonds. The summed E-state index contributed by atoms with van der Waals surface area (Å²) in [4.78, 5) is 13.6. The summed E-state index contributed by atoms with van der Waals surface area (Å²) in [6.45, 7) is 3.55. The quantitative estimate of drug-likeness (QED) is 0.248. The van der Waals surface area contributed by atoms with Crippen molar-refractivity contribution in [2.75, 3.05) is 36.9 Å². The minimum absolute atomic E-state index is 0.0101. The van der Waals surface area contributed by atoms with Crippen molar-refractivity contribution >= 4 is 54.7 Å². The van der Waals surface area contributed by atoms with Gasteiger partial charge in [-0.1, -0.05) is 17.7 Å². The monoisotopic (exact) mass is 684 g/mol. The third-order valence-electron chi connectivity index (χ3n) is 10.3. The Morgan fingerprint density at radius 3 is 2.89 bits per heavy atom. The molecule has 14 heteroatoms. The molecule has 2 aromatic heterocycles. The summed E-state index contributed by atoms with van der Waals surface area (Å²) in [5.41, 5.74) is 5.50. The van der Waals surface area contributed by atoms with Crippen LogP contribution >= 0.6 is 22.9 Å². The first-order valence-corrected chi connectivity index (χ1v) is 17.1. The second kappa shape index (κ2) is 11.3. The van der Waals surface area contributed by atoms with Crippen LogP contribution < -0.4 is 20.1 Å². The van der Waals surface area contributed by atoms with Crippen molar-refractivity contribution < 1.29 is 27.8 Å². The minimum atomic E-state index is -0.948. The molecule has 0 saturated carbocycles. The van der Waals surface area contributed by atoms with Gasteiger partial charge in [-0.25, -0.2) is 13.2 Å². The number of alkyl halides is 1. The van der Waals surface area contributed by atoms with Gasteiger partial charge >= 0.3 is 6.01 Å². The molecule has 0 aliphatic carbocycles. The van der Waals surface area contributed by atoms with Gasteiger partial charge in [0.25, 0.3) is 0 Å². The maximum absolute atomic E-state index is 17.2. The van der Waals surface area contributed by atoms with E-state index in [1.54, 1.807) is 6.92 Å². The van der Waals surface area contributed by atoms with Crippen LogP contribution in [0.2, 0.25) is 5.02 Å². The van der Waals surface area contributed by atoms with E-state index in [1.807, 2.05) is 6.07 Å². The highest BCUT2D eigenvalue weighted by atomic mass is 35.5. The van der Waals surface area contributed by atoms with Crippen molar-refractivity contribution in [1.29, 1.82) is 5.26 Å². The number of benzene rings is 2. The van der Waals surface area contributed by atoms with Crippen molar-refractivity contribution in [3.63, 3.8) is 0 Å². The van der Waals surface area contributed by atoms with E-state index in [0.29, 0.717) is 31.7 Å². The first kappa shape index (κ1) is 30.7. The largest absolute Gasteiger partial charge is 0.485 e. The summed E-state index contributed by atoms with van der Waals surface area (Å²) < 4.78 is 59.6. The number of rotatable bonds is 5. The second-order valence-corrected chi connectivity index (χ2v) is 14.6. The molecule has 9 nitrogen and oxygen atoms in total. The summed E-state index contributed by atoms with van der Waals surface area (Å²) >= 11 is 7.97. The van der Waals surface area contributed by atoms with Gasteiger partial charge in [0.2, 0.25) is 0 Å². The van der Waals surface area contributed by atoms with E-state index in [4.69, 9.17) is 31.8 Å². The fraction of sp³-hybridized carbons (Fsp3) is 0.485. The number of nitrogen functional groups attached to an aromatic ring is 1. The third-order valence-corrected chi connectivity index (χ3v) is 11.7. The van der Waals surface area contributed by atoms with Gasteiger partial charge in [-0.3, -0.25) is 4.90 Å². The Labute approximate surface area is 277 Å². The summed E-state index contributed by atoms with van der Waals surface area (Å²) in [6, 6.07) is 4.45. The number of aliphatic hydroxyl groups excluding tert-OH is 1. The predicted octanol–water partition coefficient (Wildman–Crippen LogP) is 6.35. The average Bonchev–Trinajstić information content (AvgIpc) is 3.79. The molecule has 2 unspecified atom stereocenters. The summed E-state index contributed by atoms with van der Waals surface area (Å²) in [6.07, 6.45) is 1.66. The van der Waals surface area contributed by atoms with E-state index in [1.165, 1.54) is 12.1 Å². The summed E-state index contributed by atoms with van der Waals surface area (Å²) in [7, 11) is 0. The summed E-state index contributed by atoms with van der Waals surface area (Å²) in [5, 5.41) is 21.0. The number of nitrogens with two attached hydrogens (primary N) is 1. The van der Waals surface area contributed by atoms with E-state index in [9.17, 15) is 14.8 Å². The van der Waals surface area contributed by atoms with Gasteiger partial charge in [-0.15, -0.1) is 11.3 Å². The number of hydrogen-bond acceptors (Lipinski definition) is 10. The Balaban J connectivity index is 1.38. The lowest BCUT2D eigenvalue weighted by Crippen LogP contribution is -2.43. The molecule has 0 spiro atoms. The van der Waals surface area contributed by atoms with Crippen LogP contribution in [0.15, 0.2) is 12.1 Å². The lowest BCUT2D eigenvalue weighted by molar-refractivity contribution is 0.0397. The smallest absolute Gasteiger partial charge is 0.319 e. The van der Waals surface area contributed by atoms with Crippen molar-refractivity contribution in [2.45, 2.75) is 75.4 Å². The SMILES string of the molecule is CC(O)C1C[C@H]2CCCN2c2nc(OC[C@@]34CCCN3C[C@H](F)C4)nc3c(F)c(-c4ccc(F)c5sc(N)c(C#N)c45)c(Cl)c(c23)O1. The Hall–Kier alpha value is -3.57. The maximum atomic E-state index is 17.2. The topological polar surface area (TPSA) is 121 Å². The molecule has 0 radical (unpaired) electrons. The van der Waals surface area contributed by atoms with Crippen LogP contribution in [0.5, 0.6) is 11.8 Å². The molecular weight excluding hydrogens is 653 g/mol. The highest BCUT2D eigenvalue weighted by molar-refractivity contribution is 7.23. The number of thiophene rings is 1. The average molecular weight is 685 g/mol. The molecule has 5 atom stereocenters. The fourth-order valence-electron chi connectivity index (χ4n) is 8.13. The third kappa shape index (κ3) is 4.70. The molecule has 2 aromatic carbocycles. The van der Waals surface area contributed by atoms with Crippen molar-refractivity contribution in [3.05, 3.63) is 34.4 Å². The number of nitriles is 1. The van der Waals surface area contributed by atoms with E-state index < -0.39 is 35.6 Å². The molecule has 4 aromatic rings. The van der Waals surface area contributed by atoms with E-state index in [0.717, 1.165) is 43.6 Å². The van der Waals surface area contributed by atoms with Gasteiger partial charge < -0.3 is 25.2 Å². The zero-order valence-corrected chi connectivity index (χ0v) is 27.1. The van der Waals surface area contributed by atoms with Gasteiger partial charge in [0.1, 0.15) is 47.1 Å². The van der Waals surface area contributed by atoms with Gasteiger partial charge in [0.05, 0.1) is 32.3 Å². The fourth-order valence-corrected chi connectivity index (χ4v) is 9.41. The Bertz CT molecular complexity index is 1990. The lowest BCUT2D eigenvalue weighted by Gasteiger charge is -2.35. The van der Waals surface area contributed by atoms with Crippen LogP contribution in [0, 0.1) is 23.0 Å². The molecular formula is C33H32ClF3N6O3S. The minimum Gasteiger partial charge on any atom is -0.485 e. The number of ether oxygens (including phenoxy) is 2. The Morgan fingerprint density at radius 2 is 2.11 bits per heavy atom. The number of halogens is 4. The standard InChI is InChI=1S/C33H32ClF3N6O3S/c1-15(44)21-10-17-4-2-9-43(17)31-24-27(40-32(41-31)45-14-33-7-3-8-42(33)13-16(35)11-33)26(37)23(25(34)28(24)46-21)18-5-6-20(36)29-22(18)19(12-38)30(39)47-29/h5-6,15-17,21,44H,2-4,7-11,13-14,39H2,1H3/t15?,16-,17-,21?,33+/m1/s1. The molecule has 47 heavy (non-hydrogen) atoms. The molecule has 3 saturated heterocycles. The second-order valence-electron chi connectivity index (χ2n) is 13.1. The van der Waals surface area contributed by atoms with Gasteiger partial charge in [-0.05, 0) is 50.8 Å². The van der Waals surface area contributed by atoms with Gasteiger partial charge in [0.15, 0.2) is 11.6 Å². The van der Waals surface area contributed by atoms with Crippen LogP contribution in [0.3, 0.4) is 0 Å². The first-order valence-electron chi connectivity index (χ1n) is 15.9. The molecule has 0 bridgehead atoms. The number of hydrogen-bond donors (Lipinski definition) is 2. The molecule has 4 aliphatic heterocycles. The molecule has 6 heterocycles. The lowest BCUT2D eigenvalue weighted by atomic mass is 9.95. The Kier molecular flexibility index (Phi) is 7.36. The maximum Gasteiger partial charge on any atom is 0.319 e. The summed E-state index contributed by atoms with van der Waals surface area (Å²) in [5.74, 6) is -0.965. The molecule has 8 rings (SSSR count). The first-order chi connectivity index (χ1) is 22.6. The number of aromatic nitrogens is 2. The normalized spacial score (nSPS) is 26.1. The van der Waals surface area contributed by atoms with Crippen molar-refractivity contribution in [3.8, 4) is 29.0 Å². The highest BCUT2D eigenvalue weighted by Crippen LogP contribution is 2.52. The van der Waals surface area contributed by atoms with E-state index in [2.05, 4.69) is 14.8 Å². The van der Waals surface area contributed by atoms with E-state index >= 15 is 8.78 Å². The number of aliphatic hydroxyl groups is 1. The van der Waals surface area contributed by atoms with Crippen LogP contribution in [-0.4, -0.2) is 76.2 Å². The molecule has 246 valence electrons. The molecule has 3 fully saturated rings. The van der Waals surface area contributed by atoms with Gasteiger partial charge in [0, 0.05) is 42.9 Å². The Morgan fingerprint density at radius 1 is 1.28 bits per heavy atom. The molecule has 4 aliphatic rings. The van der Waals surface area contributed by atoms with E-state index in [-0.39, 0.29) is 72.1 Å². The number of fused-ring (bicyclic) bond motifs is 4. The van der Waals surface area contributed by atoms with Crippen molar-refractivity contribution in [1.82, 2.24) is 14.9 Å². The van der Waals surface area contributed by atoms with Crippen LogP contribution in [0.25, 0.3) is 32.1 Å². The number of nitrogens with zero attached hydrogens (tertiary/aromatic N) is 5.